The SMILES string of the molecule is CCS(=O)(=O)Nc1cccc(C2OCCO2)c1. The maximum absolute atomic E-state index is 11.4. The lowest BCUT2D eigenvalue weighted by Gasteiger charge is -2.11. The molecule has 5 nitrogen and oxygen atoms in total. The largest absolute Gasteiger partial charge is 0.346 e. The first-order valence-corrected chi connectivity index (χ1v) is 7.09. The normalized spacial score (nSPS) is 17.2. The Hall–Kier alpha value is -1.11. The van der Waals surface area contributed by atoms with Crippen LogP contribution >= 0.6 is 0 Å². The first-order valence-electron chi connectivity index (χ1n) is 5.44. The van der Waals surface area contributed by atoms with Gasteiger partial charge in [0.15, 0.2) is 6.29 Å². The van der Waals surface area contributed by atoms with Gasteiger partial charge in [-0.3, -0.25) is 4.72 Å². The molecule has 94 valence electrons. The van der Waals surface area contributed by atoms with Crippen LogP contribution in [-0.4, -0.2) is 27.4 Å². The number of ether oxygens (including phenoxy) is 2. The molecule has 1 aliphatic rings. The Kier molecular flexibility index (Phi) is 3.66. The van der Waals surface area contributed by atoms with Crippen molar-refractivity contribution in [1.82, 2.24) is 0 Å². The Morgan fingerprint density at radius 2 is 2.06 bits per heavy atom. The summed E-state index contributed by atoms with van der Waals surface area (Å²) < 4.78 is 36.1. The average Bonchev–Trinajstić information content (AvgIpc) is 2.82. The summed E-state index contributed by atoms with van der Waals surface area (Å²) in [4.78, 5) is 0. The van der Waals surface area contributed by atoms with Crippen molar-refractivity contribution < 1.29 is 17.9 Å². The van der Waals surface area contributed by atoms with Crippen molar-refractivity contribution in [2.24, 2.45) is 0 Å². The highest BCUT2D eigenvalue weighted by Gasteiger charge is 2.18. The lowest BCUT2D eigenvalue weighted by atomic mass is 10.2. The Morgan fingerprint density at radius 3 is 2.71 bits per heavy atom. The Morgan fingerprint density at radius 1 is 1.35 bits per heavy atom. The van der Waals surface area contributed by atoms with Crippen molar-refractivity contribution in [2.75, 3.05) is 23.7 Å². The van der Waals surface area contributed by atoms with E-state index in [-0.39, 0.29) is 12.0 Å². The molecule has 1 heterocycles. The summed E-state index contributed by atoms with van der Waals surface area (Å²) in [5.74, 6) is 0.0493. The van der Waals surface area contributed by atoms with E-state index in [4.69, 9.17) is 9.47 Å². The molecule has 0 aromatic heterocycles. The number of nitrogens with one attached hydrogen (secondary N) is 1. The van der Waals surface area contributed by atoms with Crippen LogP contribution in [0.25, 0.3) is 0 Å². The molecular formula is C11H15NO4S. The third-order valence-corrected chi connectivity index (χ3v) is 3.74. The lowest BCUT2D eigenvalue weighted by Crippen LogP contribution is -2.14. The van der Waals surface area contributed by atoms with Crippen molar-refractivity contribution in [1.29, 1.82) is 0 Å². The summed E-state index contributed by atoms with van der Waals surface area (Å²) in [5, 5.41) is 0. The molecule has 0 radical (unpaired) electrons. The van der Waals surface area contributed by atoms with Gasteiger partial charge in [0.05, 0.1) is 19.0 Å². The summed E-state index contributed by atoms with van der Waals surface area (Å²) >= 11 is 0. The molecule has 2 rings (SSSR count). The van der Waals surface area contributed by atoms with Gasteiger partial charge in [-0.1, -0.05) is 12.1 Å². The van der Waals surface area contributed by atoms with Crippen molar-refractivity contribution in [2.45, 2.75) is 13.2 Å². The minimum absolute atomic E-state index is 0.0493. The maximum Gasteiger partial charge on any atom is 0.232 e. The fourth-order valence-corrected chi connectivity index (χ4v) is 2.18. The highest BCUT2D eigenvalue weighted by molar-refractivity contribution is 7.92. The zero-order chi connectivity index (χ0) is 12.3. The van der Waals surface area contributed by atoms with Crippen molar-refractivity contribution in [3.8, 4) is 0 Å². The van der Waals surface area contributed by atoms with E-state index in [1.54, 1.807) is 25.1 Å². The van der Waals surface area contributed by atoms with Gasteiger partial charge in [0, 0.05) is 11.3 Å². The molecule has 0 atom stereocenters. The summed E-state index contributed by atoms with van der Waals surface area (Å²) in [6.45, 7) is 2.72. The quantitative estimate of drug-likeness (QED) is 0.887. The number of rotatable bonds is 4. The van der Waals surface area contributed by atoms with Crippen LogP contribution in [0.4, 0.5) is 5.69 Å². The predicted molar refractivity (Wildman–Crippen MR) is 64.2 cm³/mol. The zero-order valence-corrected chi connectivity index (χ0v) is 10.4. The van der Waals surface area contributed by atoms with E-state index in [0.717, 1.165) is 5.56 Å². The molecule has 0 amide bonds. The smallest absolute Gasteiger partial charge is 0.232 e. The molecule has 0 aliphatic carbocycles. The second-order valence-corrected chi connectivity index (χ2v) is 5.72. The lowest BCUT2D eigenvalue weighted by molar-refractivity contribution is -0.0440. The molecule has 0 saturated carbocycles. The average molecular weight is 257 g/mol. The van der Waals surface area contributed by atoms with Crippen LogP contribution in [0, 0.1) is 0 Å². The van der Waals surface area contributed by atoms with Gasteiger partial charge in [0.25, 0.3) is 0 Å². The first-order chi connectivity index (χ1) is 8.11. The molecule has 1 fully saturated rings. The number of hydrogen-bond acceptors (Lipinski definition) is 4. The summed E-state index contributed by atoms with van der Waals surface area (Å²) in [6.07, 6.45) is -0.388. The number of sulfonamides is 1. The second-order valence-electron chi connectivity index (χ2n) is 3.70. The number of benzene rings is 1. The van der Waals surface area contributed by atoms with E-state index in [1.165, 1.54) is 0 Å². The van der Waals surface area contributed by atoms with Crippen LogP contribution in [0.15, 0.2) is 24.3 Å². The summed E-state index contributed by atoms with van der Waals surface area (Å²) in [5.41, 5.74) is 1.35. The van der Waals surface area contributed by atoms with Gasteiger partial charge in [0.2, 0.25) is 10.0 Å². The molecule has 0 spiro atoms. The van der Waals surface area contributed by atoms with E-state index < -0.39 is 10.0 Å². The zero-order valence-electron chi connectivity index (χ0n) is 9.55. The van der Waals surface area contributed by atoms with E-state index in [0.29, 0.717) is 18.9 Å². The highest BCUT2D eigenvalue weighted by Crippen LogP contribution is 2.25. The molecule has 1 aromatic rings. The highest BCUT2D eigenvalue weighted by atomic mass is 32.2. The van der Waals surface area contributed by atoms with Crippen molar-refractivity contribution >= 4 is 15.7 Å². The summed E-state index contributed by atoms with van der Waals surface area (Å²) in [7, 11) is -3.24. The Balaban J connectivity index is 2.16. The van der Waals surface area contributed by atoms with Crippen LogP contribution in [0.2, 0.25) is 0 Å². The Labute approximate surface area is 101 Å². The minimum Gasteiger partial charge on any atom is -0.346 e. The standard InChI is InChI=1S/C11H15NO4S/c1-2-17(13,14)12-10-5-3-4-9(8-10)11-15-6-7-16-11/h3-5,8,11-12H,2,6-7H2,1H3. The molecule has 1 aromatic carbocycles. The van der Waals surface area contributed by atoms with E-state index in [1.807, 2.05) is 6.07 Å². The van der Waals surface area contributed by atoms with Crippen LogP contribution in [-0.2, 0) is 19.5 Å². The van der Waals surface area contributed by atoms with Crippen molar-refractivity contribution in [3.05, 3.63) is 29.8 Å². The summed E-state index contributed by atoms with van der Waals surface area (Å²) in [6, 6.07) is 7.04. The van der Waals surface area contributed by atoms with Gasteiger partial charge in [0.1, 0.15) is 0 Å². The fraction of sp³-hybridized carbons (Fsp3) is 0.455. The van der Waals surface area contributed by atoms with Crippen molar-refractivity contribution in [3.63, 3.8) is 0 Å². The number of hydrogen-bond donors (Lipinski definition) is 1. The van der Waals surface area contributed by atoms with E-state index >= 15 is 0 Å². The van der Waals surface area contributed by atoms with E-state index in [2.05, 4.69) is 4.72 Å². The van der Waals surface area contributed by atoms with Crippen LogP contribution in [0.3, 0.4) is 0 Å². The topological polar surface area (TPSA) is 64.6 Å². The molecule has 17 heavy (non-hydrogen) atoms. The predicted octanol–water partition coefficient (Wildman–Crippen LogP) is 1.49. The molecule has 1 saturated heterocycles. The molecule has 0 bridgehead atoms. The van der Waals surface area contributed by atoms with Gasteiger partial charge < -0.3 is 9.47 Å². The Bertz CT molecular complexity index is 480. The van der Waals surface area contributed by atoms with Gasteiger partial charge in [-0.25, -0.2) is 8.42 Å². The molecular weight excluding hydrogens is 242 g/mol. The minimum atomic E-state index is -3.24. The monoisotopic (exact) mass is 257 g/mol. The van der Waals surface area contributed by atoms with E-state index in [9.17, 15) is 8.42 Å². The third-order valence-electron chi connectivity index (χ3n) is 2.43. The van der Waals surface area contributed by atoms with Gasteiger partial charge in [-0.15, -0.1) is 0 Å². The van der Waals surface area contributed by atoms with Gasteiger partial charge in [-0.2, -0.15) is 0 Å². The first kappa shape index (κ1) is 12.3. The van der Waals surface area contributed by atoms with Crippen LogP contribution in [0.5, 0.6) is 0 Å². The van der Waals surface area contributed by atoms with Gasteiger partial charge >= 0.3 is 0 Å². The number of anilines is 1. The van der Waals surface area contributed by atoms with Crippen LogP contribution < -0.4 is 4.72 Å². The van der Waals surface area contributed by atoms with Crippen LogP contribution in [0.1, 0.15) is 18.8 Å². The molecule has 1 N–H and O–H groups in total. The molecule has 1 aliphatic heterocycles. The molecule has 6 heteroatoms. The second kappa shape index (κ2) is 5.03. The maximum atomic E-state index is 11.4. The third kappa shape index (κ3) is 3.18. The van der Waals surface area contributed by atoms with Gasteiger partial charge in [-0.05, 0) is 19.1 Å². The fourth-order valence-electron chi connectivity index (χ4n) is 1.55. The molecule has 0 unspecified atom stereocenters.